The third-order valence-electron chi connectivity index (χ3n) is 5.66. The van der Waals surface area contributed by atoms with E-state index in [1.54, 1.807) is 36.4 Å². The van der Waals surface area contributed by atoms with Gasteiger partial charge in [-0.05, 0) is 42.7 Å². The van der Waals surface area contributed by atoms with Crippen LogP contribution in [0.2, 0.25) is 0 Å². The van der Waals surface area contributed by atoms with Crippen molar-refractivity contribution in [2.24, 2.45) is 0 Å². The topological polar surface area (TPSA) is 95.2 Å². The summed E-state index contributed by atoms with van der Waals surface area (Å²) in [6.07, 6.45) is 0.390. The lowest BCUT2D eigenvalue weighted by Crippen LogP contribution is -2.27. The second-order valence-corrected chi connectivity index (χ2v) is 9.45. The Kier molecular flexibility index (Phi) is 7.73. The van der Waals surface area contributed by atoms with E-state index in [2.05, 4.69) is 34.3 Å². The number of amides is 1. The molecule has 4 aromatic rings. The molecular weight excluding hydrogens is 460 g/mol. The molecule has 0 unspecified atom stereocenters. The Bertz CT molecular complexity index is 1380. The molecule has 9 heteroatoms. The molecule has 1 amide bonds. The fourth-order valence-electron chi connectivity index (χ4n) is 3.83. The maximum Gasteiger partial charge on any atom is 0.225 e. The van der Waals surface area contributed by atoms with Gasteiger partial charge < -0.3 is 10.2 Å². The number of benzene rings is 3. The molecule has 0 aliphatic rings. The summed E-state index contributed by atoms with van der Waals surface area (Å²) >= 11 is 0. The molecule has 3 aromatic carbocycles. The fourth-order valence-corrected chi connectivity index (χ4v) is 5.41. The number of halogens is 1. The normalized spacial score (nSPS) is 11.6. The molecular formula is C24H27ClN4O3S. The van der Waals surface area contributed by atoms with E-state index < -0.39 is 9.84 Å². The first-order chi connectivity index (χ1) is 15.4. The number of nitrogens with one attached hydrogen (secondary N) is 2. The molecule has 0 bridgehead atoms. The van der Waals surface area contributed by atoms with E-state index in [9.17, 15) is 13.2 Å². The number of hydrogen-bond acceptors (Lipinski definition) is 5. The van der Waals surface area contributed by atoms with E-state index in [1.807, 2.05) is 24.3 Å². The van der Waals surface area contributed by atoms with Gasteiger partial charge in [0.25, 0.3) is 0 Å². The molecule has 0 saturated heterocycles. The van der Waals surface area contributed by atoms with Gasteiger partial charge in [-0.1, -0.05) is 50.2 Å². The van der Waals surface area contributed by atoms with Gasteiger partial charge >= 0.3 is 0 Å². The van der Waals surface area contributed by atoms with Crippen molar-refractivity contribution in [3.63, 3.8) is 0 Å². The summed E-state index contributed by atoms with van der Waals surface area (Å²) in [5.41, 5.74) is 1.06. The largest absolute Gasteiger partial charge is 0.326 e. The van der Waals surface area contributed by atoms with Gasteiger partial charge in [0.1, 0.15) is 0 Å². The number of aromatic amines is 1. The molecule has 2 N–H and O–H groups in total. The van der Waals surface area contributed by atoms with Crippen LogP contribution in [0.4, 0.5) is 5.69 Å². The van der Waals surface area contributed by atoms with Crippen LogP contribution in [0.3, 0.4) is 0 Å². The van der Waals surface area contributed by atoms with Gasteiger partial charge in [-0.2, -0.15) is 5.10 Å². The van der Waals surface area contributed by atoms with Gasteiger partial charge in [0.2, 0.25) is 15.7 Å². The first-order valence-electron chi connectivity index (χ1n) is 10.7. The zero-order chi connectivity index (χ0) is 22.7. The molecule has 0 radical (unpaired) electrons. The van der Waals surface area contributed by atoms with Crippen LogP contribution in [-0.2, 0) is 14.6 Å². The van der Waals surface area contributed by atoms with E-state index in [1.165, 1.54) is 0 Å². The van der Waals surface area contributed by atoms with Crippen molar-refractivity contribution in [1.29, 1.82) is 0 Å². The molecule has 4 rings (SSSR count). The number of hydrogen-bond donors (Lipinski definition) is 2. The average Bonchev–Trinajstić information content (AvgIpc) is 3.23. The Hall–Kier alpha value is -2.94. The lowest BCUT2D eigenvalue weighted by Gasteiger charge is -2.17. The summed E-state index contributed by atoms with van der Waals surface area (Å²) < 4.78 is 26.9. The van der Waals surface area contributed by atoms with Crippen molar-refractivity contribution in [2.45, 2.75) is 30.2 Å². The zero-order valence-corrected chi connectivity index (χ0v) is 20.2. The number of anilines is 1. The number of H-pyrrole nitrogens is 1. The quantitative estimate of drug-likeness (QED) is 0.378. The number of sulfone groups is 1. The molecule has 0 aliphatic carbocycles. The van der Waals surface area contributed by atoms with Crippen LogP contribution >= 0.6 is 12.4 Å². The summed E-state index contributed by atoms with van der Waals surface area (Å²) in [5.74, 6) is -0.0876. The van der Waals surface area contributed by atoms with Crippen LogP contribution in [-0.4, -0.2) is 49.1 Å². The number of rotatable bonds is 8. The highest BCUT2D eigenvalue weighted by atomic mass is 35.5. The van der Waals surface area contributed by atoms with E-state index in [4.69, 9.17) is 0 Å². The lowest BCUT2D eigenvalue weighted by atomic mass is 10.1. The molecule has 7 nitrogen and oxygen atoms in total. The minimum atomic E-state index is -3.82. The first-order valence-corrected chi connectivity index (χ1v) is 12.2. The maximum absolute atomic E-state index is 13.4. The molecule has 0 aliphatic heterocycles. The van der Waals surface area contributed by atoms with Gasteiger partial charge in [-0.25, -0.2) is 8.42 Å². The van der Waals surface area contributed by atoms with Crippen LogP contribution < -0.4 is 5.32 Å². The highest BCUT2D eigenvalue weighted by molar-refractivity contribution is 7.91. The average molecular weight is 487 g/mol. The number of nitrogens with zero attached hydrogens (tertiary/aromatic N) is 2. The number of fused-ring (bicyclic) bond motifs is 2. The van der Waals surface area contributed by atoms with Crippen molar-refractivity contribution in [2.75, 3.05) is 25.0 Å². The van der Waals surface area contributed by atoms with Gasteiger partial charge in [-0.15, -0.1) is 12.4 Å². The molecule has 0 saturated carbocycles. The minimum absolute atomic E-state index is 0. The summed E-state index contributed by atoms with van der Waals surface area (Å²) in [6, 6.07) is 17.7. The molecule has 1 aromatic heterocycles. The van der Waals surface area contributed by atoms with E-state index in [0.29, 0.717) is 34.9 Å². The smallest absolute Gasteiger partial charge is 0.225 e. The van der Waals surface area contributed by atoms with Crippen LogP contribution in [0, 0.1) is 0 Å². The van der Waals surface area contributed by atoms with Gasteiger partial charge in [0, 0.05) is 29.4 Å². The highest BCUT2D eigenvalue weighted by Gasteiger charge is 2.25. The van der Waals surface area contributed by atoms with Gasteiger partial charge in [-0.3, -0.25) is 9.89 Å². The van der Waals surface area contributed by atoms with Crippen LogP contribution in [0.5, 0.6) is 0 Å². The predicted octanol–water partition coefficient (Wildman–Crippen LogP) is 4.64. The Labute approximate surface area is 199 Å². The second-order valence-electron chi connectivity index (χ2n) is 7.59. The standard InChI is InChI=1S/C24H26N4O3S.ClH/c1-3-28(4-2)15-14-23(29)25-18-12-13-20-21(16-18)26-27-24(20)32(30,31)22-11-7-9-17-8-5-6-10-19(17)22;/h5-13,16H,3-4,14-15H2,1-2H3,(H,25,29)(H,26,27);1H. The van der Waals surface area contributed by atoms with Gasteiger partial charge in [0.05, 0.1) is 10.4 Å². The zero-order valence-electron chi connectivity index (χ0n) is 18.5. The minimum Gasteiger partial charge on any atom is -0.326 e. The number of carbonyl (C=O) groups is 1. The van der Waals surface area contributed by atoms with E-state index in [0.717, 1.165) is 18.5 Å². The Morgan fingerprint density at radius 3 is 2.48 bits per heavy atom. The van der Waals surface area contributed by atoms with Crippen LogP contribution in [0.25, 0.3) is 21.7 Å². The monoisotopic (exact) mass is 486 g/mol. The van der Waals surface area contributed by atoms with Crippen molar-refractivity contribution in [3.8, 4) is 0 Å². The van der Waals surface area contributed by atoms with E-state index in [-0.39, 0.29) is 28.2 Å². The van der Waals surface area contributed by atoms with E-state index >= 15 is 0 Å². The lowest BCUT2D eigenvalue weighted by molar-refractivity contribution is -0.116. The number of carbonyl (C=O) groups excluding carboxylic acids is 1. The first kappa shape index (κ1) is 24.7. The summed E-state index contributed by atoms with van der Waals surface area (Å²) in [6.45, 7) is 6.62. The Balaban J connectivity index is 0.00000306. The predicted molar refractivity (Wildman–Crippen MR) is 134 cm³/mol. The van der Waals surface area contributed by atoms with Crippen molar-refractivity contribution in [1.82, 2.24) is 15.1 Å². The van der Waals surface area contributed by atoms with Crippen molar-refractivity contribution >= 4 is 55.5 Å². The van der Waals surface area contributed by atoms with Crippen LogP contribution in [0.1, 0.15) is 20.3 Å². The second kappa shape index (κ2) is 10.3. The summed E-state index contributed by atoms with van der Waals surface area (Å²) in [7, 11) is -3.82. The van der Waals surface area contributed by atoms with Crippen molar-refractivity contribution < 1.29 is 13.2 Å². The molecule has 0 spiro atoms. The Morgan fingerprint density at radius 1 is 1.00 bits per heavy atom. The molecule has 0 atom stereocenters. The Morgan fingerprint density at radius 2 is 1.73 bits per heavy atom. The third kappa shape index (κ3) is 5.03. The van der Waals surface area contributed by atoms with Crippen LogP contribution in [0.15, 0.2) is 70.6 Å². The SMILES string of the molecule is CCN(CC)CCC(=O)Nc1ccc2c(S(=O)(=O)c3cccc4ccccc34)[nH]nc2c1.Cl. The highest BCUT2D eigenvalue weighted by Crippen LogP contribution is 2.31. The van der Waals surface area contributed by atoms with Gasteiger partial charge in [0.15, 0.2) is 5.03 Å². The summed E-state index contributed by atoms with van der Waals surface area (Å²) in [4.78, 5) is 14.7. The molecule has 174 valence electrons. The third-order valence-corrected chi connectivity index (χ3v) is 7.45. The summed E-state index contributed by atoms with van der Waals surface area (Å²) in [5, 5.41) is 11.8. The molecule has 0 fully saturated rings. The fraction of sp³-hybridized carbons (Fsp3) is 0.250. The maximum atomic E-state index is 13.4. The van der Waals surface area contributed by atoms with Crippen molar-refractivity contribution in [3.05, 3.63) is 60.7 Å². The molecule has 33 heavy (non-hydrogen) atoms. The molecule has 1 heterocycles. The number of aromatic nitrogens is 2.